The predicted molar refractivity (Wildman–Crippen MR) is 95.7 cm³/mol. The van der Waals surface area contributed by atoms with Crippen LogP contribution in [0.2, 0.25) is 0 Å². The van der Waals surface area contributed by atoms with E-state index in [2.05, 4.69) is 5.32 Å². The van der Waals surface area contributed by atoms with Crippen molar-refractivity contribution in [3.63, 3.8) is 0 Å². The number of carbonyl (C=O) groups excluding carboxylic acids is 2. The van der Waals surface area contributed by atoms with Crippen molar-refractivity contribution >= 4 is 23.5 Å². The minimum Gasteiger partial charge on any atom is -0.495 e. The number of amides is 2. The molecule has 0 spiro atoms. The first kappa shape index (κ1) is 18.5. The van der Waals surface area contributed by atoms with Gasteiger partial charge in [0, 0.05) is 13.0 Å². The van der Waals surface area contributed by atoms with Crippen molar-refractivity contribution in [1.29, 1.82) is 0 Å². The van der Waals surface area contributed by atoms with Crippen molar-refractivity contribution in [2.75, 3.05) is 18.6 Å². The van der Waals surface area contributed by atoms with Crippen molar-refractivity contribution < 1.29 is 28.6 Å². The zero-order valence-corrected chi connectivity index (χ0v) is 15.0. The maximum atomic E-state index is 12.4. The van der Waals surface area contributed by atoms with Crippen molar-refractivity contribution in [2.24, 2.45) is 5.92 Å². The SMILES string of the molecule is COc1ccc(C)cc1N1C[C@H](C(=O)NCc2ccc(C(=O)O)o2)CC1=O. The van der Waals surface area contributed by atoms with E-state index < -0.39 is 11.9 Å². The highest BCUT2D eigenvalue weighted by Gasteiger charge is 2.36. The Kier molecular flexibility index (Phi) is 5.16. The Labute approximate surface area is 155 Å². The van der Waals surface area contributed by atoms with E-state index in [1.165, 1.54) is 19.2 Å². The highest BCUT2D eigenvalue weighted by molar-refractivity contribution is 6.01. The Morgan fingerprint density at radius 1 is 1.33 bits per heavy atom. The summed E-state index contributed by atoms with van der Waals surface area (Å²) in [6, 6.07) is 8.36. The standard InChI is InChI=1S/C19H20N2O6/c1-11-3-5-15(26-2)14(7-11)21-10-12(8-17(21)22)18(23)20-9-13-4-6-16(27-13)19(24)25/h3-7,12H,8-10H2,1-2H3,(H,20,23)(H,24,25)/t12-/m1/s1. The summed E-state index contributed by atoms with van der Waals surface area (Å²) in [7, 11) is 1.54. The van der Waals surface area contributed by atoms with Gasteiger partial charge in [-0.2, -0.15) is 0 Å². The van der Waals surface area contributed by atoms with Gasteiger partial charge in [0.25, 0.3) is 0 Å². The lowest BCUT2D eigenvalue weighted by molar-refractivity contribution is -0.126. The number of rotatable bonds is 6. The van der Waals surface area contributed by atoms with Crippen LogP contribution in [0.3, 0.4) is 0 Å². The van der Waals surface area contributed by atoms with Crippen LogP contribution in [0.15, 0.2) is 34.7 Å². The van der Waals surface area contributed by atoms with Crippen LogP contribution in [-0.2, 0) is 16.1 Å². The smallest absolute Gasteiger partial charge is 0.371 e. The second kappa shape index (κ2) is 7.53. The molecule has 2 N–H and O–H groups in total. The number of ether oxygens (including phenoxy) is 1. The third kappa shape index (κ3) is 3.94. The molecule has 2 heterocycles. The fourth-order valence-corrected chi connectivity index (χ4v) is 3.03. The Hall–Kier alpha value is -3.29. The highest BCUT2D eigenvalue weighted by atomic mass is 16.5. The molecule has 0 aliphatic carbocycles. The maximum Gasteiger partial charge on any atom is 0.371 e. The van der Waals surface area contributed by atoms with Crippen LogP contribution >= 0.6 is 0 Å². The number of hydrogen-bond donors (Lipinski definition) is 2. The van der Waals surface area contributed by atoms with Gasteiger partial charge in [-0.15, -0.1) is 0 Å². The highest BCUT2D eigenvalue weighted by Crippen LogP contribution is 2.33. The van der Waals surface area contributed by atoms with Gasteiger partial charge in [-0.1, -0.05) is 6.07 Å². The number of carbonyl (C=O) groups is 3. The van der Waals surface area contributed by atoms with Gasteiger partial charge in [-0.25, -0.2) is 4.79 Å². The average Bonchev–Trinajstić information content (AvgIpc) is 3.26. The number of hydrogen-bond acceptors (Lipinski definition) is 5. The van der Waals surface area contributed by atoms with Crippen LogP contribution in [0, 0.1) is 12.8 Å². The van der Waals surface area contributed by atoms with Gasteiger partial charge in [-0.3, -0.25) is 9.59 Å². The molecule has 142 valence electrons. The molecule has 27 heavy (non-hydrogen) atoms. The molecule has 0 radical (unpaired) electrons. The van der Waals surface area contributed by atoms with Crippen molar-refractivity contribution in [3.8, 4) is 5.75 Å². The number of nitrogens with zero attached hydrogens (tertiary/aromatic N) is 1. The van der Waals surface area contributed by atoms with E-state index in [-0.39, 0.29) is 37.1 Å². The van der Waals surface area contributed by atoms with Crippen LogP contribution in [0.25, 0.3) is 0 Å². The predicted octanol–water partition coefficient (Wildman–Crippen LogP) is 1.96. The first-order valence-corrected chi connectivity index (χ1v) is 8.43. The monoisotopic (exact) mass is 372 g/mol. The van der Waals surface area contributed by atoms with E-state index in [1.54, 1.807) is 11.0 Å². The third-order valence-electron chi connectivity index (χ3n) is 4.43. The molecular weight excluding hydrogens is 352 g/mol. The summed E-state index contributed by atoms with van der Waals surface area (Å²) in [4.78, 5) is 37.2. The zero-order valence-electron chi connectivity index (χ0n) is 15.0. The molecule has 1 aromatic heterocycles. The van der Waals surface area contributed by atoms with E-state index >= 15 is 0 Å². The normalized spacial score (nSPS) is 16.4. The quantitative estimate of drug-likeness (QED) is 0.802. The summed E-state index contributed by atoms with van der Waals surface area (Å²) < 4.78 is 10.4. The number of carboxylic acid groups (broad SMARTS) is 1. The first-order chi connectivity index (χ1) is 12.9. The summed E-state index contributed by atoms with van der Waals surface area (Å²) in [5, 5.41) is 11.5. The molecule has 3 rings (SSSR count). The molecule has 1 aliphatic heterocycles. The number of benzene rings is 1. The van der Waals surface area contributed by atoms with Gasteiger partial charge < -0.3 is 24.5 Å². The topological polar surface area (TPSA) is 109 Å². The second-order valence-electron chi connectivity index (χ2n) is 6.37. The molecule has 1 saturated heterocycles. The zero-order chi connectivity index (χ0) is 19.6. The summed E-state index contributed by atoms with van der Waals surface area (Å²) in [6.07, 6.45) is 0.0987. The lowest BCUT2D eigenvalue weighted by atomic mass is 10.1. The number of methoxy groups -OCH3 is 1. The molecule has 0 bridgehead atoms. The molecule has 1 aliphatic rings. The average molecular weight is 372 g/mol. The Morgan fingerprint density at radius 3 is 2.78 bits per heavy atom. The van der Waals surface area contributed by atoms with E-state index in [9.17, 15) is 14.4 Å². The first-order valence-electron chi connectivity index (χ1n) is 8.43. The van der Waals surface area contributed by atoms with Crippen LogP contribution in [0.5, 0.6) is 5.75 Å². The number of carboxylic acids is 1. The fraction of sp³-hybridized carbons (Fsp3) is 0.316. The fourth-order valence-electron chi connectivity index (χ4n) is 3.03. The van der Waals surface area contributed by atoms with Gasteiger partial charge >= 0.3 is 5.97 Å². The summed E-state index contributed by atoms with van der Waals surface area (Å²) in [6.45, 7) is 2.23. The van der Waals surface area contributed by atoms with E-state index in [0.29, 0.717) is 17.2 Å². The minimum atomic E-state index is -1.17. The van der Waals surface area contributed by atoms with Crippen LogP contribution in [0.1, 0.15) is 28.3 Å². The molecule has 2 amide bonds. The summed E-state index contributed by atoms with van der Waals surface area (Å²) >= 11 is 0. The summed E-state index contributed by atoms with van der Waals surface area (Å²) in [5.41, 5.74) is 1.63. The number of anilines is 1. The molecule has 2 aromatic rings. The van der Waals surface area contributed by atoms with Crippen molar-refractivity contribution in [2.45, 2.75) is 19.9 Å². The largest absolute Gasteiger partial charge is 0.495 e. The number of aromatic carboxylic acids is 1. The van der Waals surface area contributed by atoms with Gasteiger partial charge in [0.15, 0.2) is 0 Å². The van der Waals surface area contributed by atoms with Gasteiger partial charge in [0.2, 0.25) is 17.6 Å². The molecule has 8 nitrogen and oxygen atoms in total. The molecule has 1 atom stereocenters. The molecule has 1 aromatic carbocycles. The Balaban J connectivity index is 1.65. The Morgan fingerprint density at radius 2 is 2.11 bits per heavy atom. The van der Waals surface area contributed by atoms with Crippen LogP contribution in [0.4, 0.5) is 5.69 Å². The molecule has 0 unspecified atom stereocenters. The molecular formula is C19H20N2O6. The van der Waals surface area contributed by atoms with Gasteiger partial charge in [0.1, 0.15) is 11.5 Å². The van der Waals surface area contributed by atoms with Crippen molar-refractivity contribution in [1.82, 2.24) is 5.32 Å². The molecule has 0 saturated carbocycles. The molecule has 1 fully saturated rings. The number of furan rings is 1. The van der Waals surface area contributed by atoms with Gasteiger partial charge in [0.05, 0.1) is 25.3 Å². The van der Waals surface area contributed by atoms with Crippen LogP contribution < -0.4 is 15.0 Å². The van der Waals surface area contributed by atoms with Crippen LogP contribution in [-0.4, -0.2) is 36.5 Å². The summed E-state index contributed by atoms with van der Waals surface area (Å²) in [5.74, 6) is -1.38. The number of aryl methyl sites for hydroxylation is 1. The van der Waals surface area contributed by atoms with Gasteiger partial charge in [-0.05, 0) is 36.8 Å². The minimum absolute atomic E-state index is 0.0601. The number of nitrogens with one attached hydrogen (secondary N) is 1. The maximum absolute atomic E-state index is 12.4. The lowest BCUT2D eigenvalue weighted by Gasteiger charge is -2.20. The van der Waals surface area contributed by atoms with E-state index in [1.807, 2.05) is 19.1 Å². The van der Waals surface area contributed by atoms with Crippen molar-refractivity contribution in [3.05, 3.63) is 47.4 Å². The molecule has 8 heteroatoms. The van der Waals surface area contributed by atoms with E-state index in [4.69, 9.17) is 14.3 Å². The van der Waals surface area contributed by atoms with E-state index in [0.717, 1.165) is 5.56 Å². The second-order valence-corrected chi connectivity index (χ2v) is 6.37. The lowest BCUT2D eigenvalue weighted by Crippen LogP contribution is -2.32. The third-order valence-corrected chi connectivity index (χ3v) is 4.43. The Bertz CT molecular complexity index is 888.